The lowest BCUT2D eigenvalue weighted by atomic mass is 9.92. The third-order valence-corrected chi connectivity index (χ3v) is 2.93. The number of rotatable bonds is 4. The molecule has 1 heterocycles. The van der Waals surface area contributed by atoms with E-state index in [1.807, 2.05) is 7.05 Å². The Morgan fingerprint density at radius 1 is 1.53 bits per heavy atom. The van der Waals surface area contributed by atoms with Gasteiger partial charge in [-0.1, -0.05) is 0 Å². The highest BCUT2D eigenvalue weighted by Gasteiger charge is 2.36. The number of carboxylic acids is 1. The molecule has 1 aliphatic rings. The van der Waals surface area contributed by atoms with Crippen molar-refractivity contribution in [2.45, 2.75) is 20.0 Å². The van der Waals surface area contributed by atoms with E-state index in [9.17, 15) is 9.59 Å². The van der Waals surface area contributed by atoms with E-state index >= 15 is 0 Å². The van der Waals surface area contributed by atoms with Crippen molar-refractivity contribution in [1.82, 2.24) is 10.2 Å². The number of carbonyl (C=O) groups is 2. The van der Waals surface area contributed by atoms with Crippen molar-refractivity contribution in [1.29, 1.82) is 0 Å². The first-order valence-corrected chi connectivity index (χ1v) is 5.66. The van der Waals surface area contributed by atoms with Crippen LogP contribution < -0.4 is 5.32 Å². The van der Waals surface area contributed by atoms with E-state index in [1.54, 1.807) is 0 Å². The van der Waals surface area contributed by atoms with Crippen LogP contribution in [-0.2, 0) is 14.3 Å². The standard InChI is InChI=1S/C11H20N2O4/c1-11(2,10(15)16)9(14)12-6-8-7-13(3)4-5-17-8/h8H,4-7H2,1-3H3,(H,12,14)(H,15,16). The van der Waals surface area contributed by atoms with Crippen LogP contribution in [0.4, 0.5) is 0 Å². The molecule has 0 aromatic heterocycles. The third-order valence-electron chi connectivity index (χ3n) is 2.93. The fourth-order valence-corrected chi connectivity index (χ4v) is 1.51. The molecule has 98 valence electrons. The smallest absolute Gasteiger partial charge is 0.318 e. The lowest BCUT2D eigenvalue weighted by Crippen LogP contribution is -2.49. The van der Waals surface area contributed by atoms with Crippen LogP contribution in [0.2, 0.25) is 0 Å². The Morgan fingerprint density at radius 2 is 2.18 bits per heavy atom. The molecule has 0 bridgehead atoms. The van der Waals surface area contributed by atoms with Gasteiger partial charge in [0.25, 0.3) is 0 Å². The fraction of sp³-hybridized carbons (Fsp3) is 0.818. The van der Waals surface area contributed by atoms with Crippen molar-refractivity contribution in [3.05, 3.63) is 0 Å². The second kappa shape index (κ2) is 5.46. The third kappa shape index (κ3) is 3.67. The Bertz CT molecular complexity index is 304. The highest BCUT2D eigenvalue weighted by Crippen LogP contribution is 2.15. The van der Waals surface area contributed by atoms with E-state index in [0.29, 0.717) is 13.2 Å². The molecule has 0 aliphatic carbocycles. The summed E-state index contributed by atoms with van der Waals surface area (Å²) in [7, 11) is 1.98. The SMILES string of the molecule is CN1CCOC(CNC(=O)C(C)(C)C(=O)O)C1. The summed E-state index contributed by atoms with van der Waals surface area (Å²) >= 11 is 0. The van der Waals surface area contributed by atoms with Gasteiger partial charge in [0, 0.05) is 19.6 Å². The van der Waals surface area contributed by atoms with Gasteiger partial charge in [-0.05, 0) is 20.9 Å². The molecule has 1 unspecified atom stereocenters. The number of hydrogen-bond donors (Lipinski definition) is 2. The molecule has 0 spiro atoms. The number of morpholine rings is 1. The Kier molecular flexibility index (Phi) is 4.47. The predicted octanol–water partition coefficient (Wildman–Crippen LogP) is -0.456. The molecule has 0 radical (unpaired) electrons. The monoisotopic (exact) mass is 244 g/mol. The minimum Gasteiger partial charge on any atom is -0.480 e. The van der Waals surface area contributed by atoms with Crippen LogP contribution in [0.1, 0.15) is 13.8 Å². The van der Waals surface area contributed by atoms with Crippen molar-refractivity contribution < 1.29 is 19.4 Å². The summed E-state index contributed by atoms with van der Waals surface area (Å²) in [6, 6.07) is 0. The maximum Gasteiger partial charge on any atom is 0.318 e. The van der Waals surface area contributed by atoms with Gasteiger partial charge in [-0.2, -0.15) is 0 Å². The number of ether oxygens (including phenoxy) is 1. The topological polar surface area (TPSA) is 78.9 Å². The molecular weight excluding hydrogens is 224 g/mol. The fourth-order valence-electron chi connectivity index (χ4n) is 1.51. The van der Waals surface area contributed by atoms with Gasteiger partial charge in [0.15, 0.2) is 0 Å². The summed E-state index contributed by atoms with van der Waals surface area (Å²) in [5.41, 5.74) is -1.40. The zero-order valence-electron chi connectivity index (χ0n) is 10.5. The van der Waals surface area contributed by atoms with Gasteiger partial charge >= 0.3 is 5.97 Å². The number of hydrogen-bond acceptors (Lipinski definition) is 4. The van der Waals surface area contributed by atoms with Gasteiger partial charge in [0.2, 0.25) is 5.91 Å². The van der Waals surface area contributed by atoms with E-state index in [-0.39, 0.29) is 6.10 Å². The van der Waals surface area contributed by atoms with Gasteiger partial charge < -0.3 is 20.1 Å². The van der Waals surface area contributed by atoms with E-state index in [0.717, 1.165) is 13.1 Å². The molecule has 6 nitrogen and oxygen atoms in total. The van der Waals surface area contributed by atoms with Crippen LogP contribution in [0.3, 0.4) is 0 Å². The summed E-state index contributed by atoms with van der Waals surface area (Å²) in [5, 5.41) is 11.5. The molecule has 1 fully saturated rings. The molecule has 1 atom stereocenters. The Labute approximate surface area is 101 Å². The van der Waals surface area contributed by atoms with Crippen molar-refractivity contribution >= 4 is 11.9 Å². The van der Waals surface area contributed by atoms with E-state index in [4.69, 9.17) is 9.84 Å². The first-order valence-electron chi connectivity index (χ1n) is 5.66. The molecule has 1 aliphatic heterocycles. The summed E-state index contributed by atoms with van der Waals surface area (Å²) in [6.07, 6.45) is -0.0673. The quantitative estimate of drug-likeness (QED) is 0.654. The molecule has 0 aromatic carbocycles. The maximum atomic E-state index is 11.7. The molecule has 1 amide bonds. The van der Waals surface area contributed by atoms with Crippen LogP contribution in [0.5, 0.6) is 0 Å². The maximum absolute atomic E-state index is 11.7. The number of aliphatic carboxylic acids is 1. The van der Waals surface area contributed by atoms with Crippen molar-refractivity contribution in [2.75, 3.05) is 33.3 Å². The first-order chi connectivity index (χ1) is 7.84. The highest BCUT2D eigenvalue weighted by molar-refractivity contribution is 6.00. The molecule has 2 N–H and O–H groups in total. The zero-order valence-corrected chi connectivity index (χ0v) is 10.5. The van der Waals surface area contributed by atoms with Gasteiger partial charge in [0.1, 0.15) is 5.41 Å². The van der Waals surface area contributed by atoms with Gasteiger partial charge in [-0.3, -0.25) is 9.59 Å². The normalized spacial score (nSPS) is 22.2. The second-order valence-corrected chi connectivity index (χ2v) is 4.90. The second-order valence-electron chi connectivity index (χ2n) is 4.90. The number of amides is 1. The summed E-state index contributed by atoms with van der Waals surface area (Å²) in [4.78, 5) is 24.6. The molecule has 1 rings (SSSR count). The minimum atomic E-state index is -1.40. The van der Waals surface area contributed by atoms with Gasteiger partial charge in [-0.25, -0.2) is 0 Å². The number of nitrogens with zero attached hydrogens (tertiary/aromatic N) is 1. The Hall–Kier alpha value is -1.14. The van der Waals surface area contributed by atoms with Gasteiger partial charge in [0.05, 0.1) is 12.7 Å². The van der Waals surface area contributed by atoms with E-state index in [2.05, 4.69) is 10.2 Å². The predicted molar refractivity (Wildman–Crippen MR) is 61.7 cm³/mol. The number of carboxylic acid groups (broad SMARTS) is 1. The highest BCUT2D eigenvalue weighted by atomic mass is 16.5. The number of carbonyl (C=O) groups excluding carboxylic acids is 1. The molecule has 1 saturated heterocycles. The Balaban J connectivity index is 2.40. The Morgan fingerprint density at radius 3 is 2.71 bits per heavy atom. The van der Waals surface area contributed by atoms with E-state index < -0.39 is 17.3 Å². The van der Waals surface area contributed by atoms with Crippen LogP contribution >= 0.6 is 0 Å². The largest absolute Gasteiger partial charge is 0.480 e. The molecular formula is C11H20N2O4. The number of likely N-dealkylation sites (N-methyl/N-ethyl adjacent to an activating group) is 1. The average Bonchev–Trinajstić information content (AvgIpc) is 2.25. The van der Waals surface area contributed by atoms with Crippen LogP contribution in [-0.4, -0.2) is 61.3 Å². The van der Waals surface area contributed by atoms with Crippen LogP contribution in [0, 0.1) is 5.41 Å². The molecule has 0 aromatic rings. The lowest BCUT2D eigenvalue weighted by Gasteiger charge is -2.30. The van der Waals surface area contributed by atoms with Crippen molar-refractivity contribution in [3.63, 3.8) is 0 Å². The number of nitrogens with one attached hydrogen (secondary N) is 1. The molecule has 0 saturated carbocycles. The van der Waals surface area contributed by atoms with E-state index in [1.165, 1.54) is 13.8 Å². The lowest BCUT2D eigenvalue weighted by molar-refractivity contribution is -0.153. The average molecular weight is 244 g/mol. The van der Waals surface area contributed by atoms with Crippen molar-refractivity contribution in [3.8, 4) is 0 Å². The minimum absolute atomic E-state index is 0.0673. The molecule has 6 heteroatoms. The van der Waals surface area contributed by atoms with Crippen LogP contribution in [0.25, 0.3) is 0 Å². The summed E-state index contributed by atoms with van der Waals surface area (Å²) < 4.78 is 5.47. The molecule has 17 heavy (non-hydrogen) atoms. The summed E-state index contributed by atoms with van der Waals surface area (Å²) in [5.74, 6) is -1.61. The van der Waals surface area contributed by atoms with Gasteiger partial charge in [-0.15, -0.1) is 0 Å². The van der Waals surface area contributed by atoms with Crippen LogP contribution in [0.15, 0.2) is 0 Å². The summed E-state index contributed by atoms with van der Waals surface area (Å²) in [6.45, 7) is 5.38. The first kappa shape index (κ1) is 13.9. The van der Waals surface area contributed by atoms with Crippen molar-refractivity contribution in [2.24, 2.45) is 5.41 Å². The zero-order chi connectivity index (χ0) is 13.1.